The molecule has 0 bridgehead atoms. The van der Waals surface area contributed by atoms with Crippen molar-refractivity contribution >= 4 is 12.4 Å². The highest BCUT2D eigenvalue weighted by Gasteiger charge is 2.30. The maximum absolute atomic E-state index is 3.16. The highest BCUT2D eigenvalue weighted by atomic mass is 35.5. The van der Waals surface area contributed by atoms with E-state index in [-0.39, 0.29) is 12.4 Å². The molecule has 0 aliphatic heterocycles. The van der Waals surface area contributed by atoms with Crippen LogP contribution in [-0.2, 0) is 0 Å². The van der Waals surface area contributed by atoms with Gasteiger partial charge in [0.1, 0.15) is 0 Å². The van der Waals surface area contributed by atoms with Crippen LogP contribution in [0.1, 0.15) is 13.3 Å². The molecule has 0 saturated heterocycles. The first-order valence-corrected chi connectivity index (χ1v) is 2.99. The van der Waals surface area contributed by atoms with Gasteiger partial charge in [0, 0.05) is 0 Å². The number of hydrogen-bond donors (Lipinski definition) is 1. The minimum Gasteiger partial charge on any atom is -0.319 e. The van der Waals surface area contributed by atoms with Gasteiger partial charge in [0.2, 0.25) is 0 Å². The van der Waals surface area contributed by atoms with E-state index in [2.05, 4.69) is 12.2 Å². The second-order valence-electron chi connectivity index (χ2n) is 2.53. The molecule has 0 heterocycles. The van der Waals surface area contributed by atoms with E-state index in [1.807, 2.05) is 7.05 Å². The van der Waals surface area contributed by atoms with E-state index >= 15 is 0 Å². The van der Waals surface area contributed by atoms with E-state index in [0.717, 1.165) is 11.8 Å². The van der Waals surface area contributed by atoms with E-state index in [4.69, 9.17) is 0 Å². The zero-order chi connectivity index (χ0) is 5.28. The molecule has 1 N–H and O–H groups in total. The van der Waals surface area contributed by atoms with Gasteiger partial charge in [-0.15, -0.1) is 12.4 Å². The molecule has 0 aromatic carbocycles. The van der Waals surface area contributed by atoms with E-state index < -0.39 is 0 Å². The smallest absolute Gasteiger partial charge is 0.00209 e. The fraction of sp³-hybridized carbons (Fsp3) is 1.00. The van der Waals surface area contributed by atoms with Crippen molar-refractivity contribution < 1.29 is 0 Å². The summed E-state index contributed by atoms with van der Waals surface area (Å²) in [5.41, 5.74) is 0. The molecule has 2 heteroatoms. The molecule has 0 amide bonds. The first-order valence-electron chi connectivity index (χ1n) is 2.99. The fourth-order valence-electron chi connectivity index (χ4n) is 0.946. The van der Waals surface area contributed by atoms with Gasteiger partial charge >= 0.3 is 0 Å². The molecule has 1 nitrogen and oxygen atoms in total. The summed E-state index contributed by atoms with van der Waals surface area (Å²) >= 11 is 0. The van der Waals surface area contributed by atoms with Gasteiger partial charge in [0.25, 0.3) is 0 Å². The molecule has 50 valence electrons. The summed E-state index contributed by atoms with van der Waals surface area (Å²) in [5.74, 6) is 2.01. The van der Waals surface area contributed by atoms with E-state index in [1.165, 1.54) is 13.0 Å². The SMILES string of the molecule is CNCC1CC1C.Cl. The highest BCUT2D eigenvalue weighted by Crippen LogP contribution is 2.36. The van der Waals surface area contributed by atoms with Crippen LogP contribution in [0.3, 0.4) is 0 Å². The zero-order valence-electron chi connectivity index (χ0n) is 5.48. The molecule has 0 aromatic rings. The molecule has 1 saturated carbocycles. The lowest BCUT2D eigenvalue weighted by molar-refractivity contribution is 0.672. The Kier molecular flexibility index (Phi) is 3.41. The first kappa shape index (κ1) is 8.25. The first-order chi connectivity index (χ1) is 3.34. The Morgan fingerprint density at radius 2 is 2.12 bits per heavy atom. The normalized spacial score (nSPS) is 33.8. The lowest BCUT2D eigenvalue weighted by atomic mass is 10.3. The van der Waals surface area contributed by atoms with Gasteiger partial charge in [-0.2, -0.15) is 0 Å². The number of hydrogen-bond acceptors (Lipinski definition) is 1. The quantitative estimate of drug-likeness (QED) is 0.602. The molecule has 1 rings (SSSR count). The van der Waals surface area contributed by atoms with E-state index in [9.17, 15) is 0 Å². The molecule has 1 aliphatic carbocycles. The van der Waals surface area contributed by atoms with Crippen LogP contribution in [0.15, 0.2) is 0 Å². The maximum atomic E-state index is 3.16. The summed E-state index contributed by atoms with van der Waals surface area (Å²) in [6, 6.07) is 0. The molecule has 0 spiro atoms. The van der Waals surface area contributed by atoms with Gasteiger partial charge in [0.05, 0.1) is 0 Å². The van der Waals surface area contributed by atoms with Gasteiger partial charge in [-0.3, -0.25) is 0 Å². The van der Waals surface area contributed by atoms with Gasteiger partial charge in [-0.05, 0) is 31.8 Å². The third kappa shape index (κ3) is 2.01. The second kappa shape index (κ2) is 3.31. The Labute approximate surface area is 57.3 Å². The fourth-order valence-corrected chi connectivity index (χ4v) is 0.946. The van der Waals surface area contributed by atoms with E-state index in [1.54, 1.807) is 0 Å². The maximum Gasteiger partial charge on any atom is -0.00209 e. The minimum absolute atomic E-state index is 0. The molecular formula is C6H14ClN. The predicted molar refractivity (Wildman–Crippen MR) is 38.4 cm³/mol. The molecule has 1 fully saturated rings. The van der Waals surface area contributed by atoms with Crippen LogP contribution in [0.25, 0.3) is 0 Å². The molecule has 1 aliphatic rings. The van der Waals surface area contributed by atoms with Crippen molar-refractivity contribution in [1.82, 2.24) is 5.32 Å². The molecular weight excluding hydrogens is 122 g/mol. The van der Waals surface area contributed by atoms with Gasteiger partial charge in [0.15, 0.2) is 0 Å². The summed E-state index contributed by atoms with van der Waals surface area (Å²) in [4.78, 5) is 0. The van der Waals surface area contributed by atoms with Crippen LogP contribution < -0.4 is 5.32 Å². The van der Waals surface area contributed by atoms with Crippen LogP contribution in [-0.4, -0.2) is 13.6 Å². The third-order valence-corrected chi connectivity index (χ3v) is 1.74. The van der Waals surface area contributed by atoms with Crippen LogP contribution >= 0.6 is 12.4 Å². The van der Waals surface area contributed by atoms with E-state index in [0.29, 0.717) is 0 Å². The third-order valence-electron chi connectivity index (χ3n) is 1.74. The summed E-state index contributed by atoms with van der Waals surface area (Å²) in [6.07, 6.45) is 1.45. The number of rotatable bonds is 2. The number of nitrogens with one attached hydrogen (secondary N) is 1. The van der Waals surface area contributed by atoms with Crippen molar-refractivity contribution in [2.24, 2.45) is 11.8 Å². The van der Waals surface area contributed by atoms with Gasteiger partial charge < -0.3 is 5.32 Å². The summed E-state index contributed by atoms with van der Waals surface area (Å²) in [5, 5.41) is 3.16. The van der Waals surface area contributed by atoms with Gasteiger partial charge in [-0.25, -0.2) is 0 Å². The van der Waals surface area contributed by atoms with Crippen molar-refractivity contribution in [3.63, 3.8) is 0 Å². The molecule has 8 heavy (non-hydrogen) atoms. The Morgan fingerprint density at radius 3 is 2.25 bits per heavy atom. The van der Waals surface area contributed by atoms with Crippen LogP contribution in [0, 0.1) is 11.8 Å². The zero-order valence-corrected chi connectivity index (χ0v) is 6.29. The second-order valence-corrected chi connectivity index (χ2v) is 2.53. The largest absolute Gasteiger partial charge is 0.319 e. The van der Waals surface area contributed by atoms with Crippen LogP contribution in [0.2, 0.25) is 0 Å². The van der Waals surface area contributed by atoms with Crippen molar-refractivity contribution in [1.29, 1.82) is 0 Å². The monoisotopic (exact) mass is 135 g/mol. The minimum atomic E-state index is 0. The van der Waals surface area contributed by atoms with Crippen molar-refractivity contribution in [2.75, 3.05) is 13.6 Å². The predicted octanol–water partition coefficient (Wildman–Crippen LogP) is 1.28. The topological polar surface area (TPSA) is 12.0 Å². The number of halogens is 1. The lowest BCUT2D eigenvalue weighted by Crippen LogP contribution is -2.09. The average Bonchev–Trinajstić information content (AvgIpc) is 2.22. The highest BCUT2D eigenvalue weighted by molar-refractivity contribution is 5.85. The lowest BCUT2D eigenvalue weighted by Gasteiger charge is -1.90. The van der Waals surface area contributed by atoms with Crippen LogP contribution in [0.5, 0.6) is 0 Å². The Morgan fingerprint density at radius 1 is 1.62 bits per heavy atom. The standard InChI is InChI=1S/C6H13N.ClH/c1-5-3-6(5)4-7-2;/h5-7H,3-4H2,1-2H3;1H. The summed E-state index contributed by atoms with van der Waals surface area (Å²) in [6.45, 7) is 3.53. The van der Waals surface area contributed by atoms with Crippen molar-refractivity contribution in [3.05, 3.63) is 0 Å². The molecule has 0 aromatic heterocycles. The van der Waals surface area contributed by atoms with Crippen LogP contribution in [0.4, 0.5) is 0 Å². The van der Waals surface area contributed by atoms with Crippen molar-refractivity contribution in [3.8, 4) is 0 Å². The summed E-state index contributed by atoms with van der Waals surface area (Å²) < 4.78 is 0. The van der Waals surface area contributed by atoms with Gasteiger partial charge in [-0.1, -0.05) is 6.92 Å². The molecule has 2 atom stereocenters. The Balaban J connectivity index is 0.000000490. The van der Waals surface area contributed by atoms with Crippen molar-refractivity contribution in [2.45, 2.75) is 13.3 Å². The Hall–Kier alpha value is 0.250. The Bertz CT molecular complexity index is 65.5. The molecule has 2 unspecified atom stereocenters. The summed E-state index contributed by atoms with van der Waals surface area (Å²) in [7, 11) is 2.02. The average molecular weight is 136 g/mol. The molecule has 0 radical (unpaired) electrons.